The Balaban J connectivity index is 2.17. The maximum atomic E-state index is 11.0. The van der Waals surface area contributed by atoms with E-state index in [-0.39, 0.29) is 23.3 Å². The van der Waals surface area contributed by atoms with Crippen LogP contribution in [0.15, 0.2) is 18.2 Å². The molecule has 1 fully saturated rings. The first kappa shape index (κ1) is 15.1. The molecule has 2 N–H and O–H groups in total. The smallest absolute Gasteiger partial charge is 0.311 e. The monoisotopic (exact) mass is 293 g/mol. The van der Waals surface area contributed by atoms with Crippen molar-refractivity contribution in [3.05, 3.63) is 28.3 Å². The van der Waals surface area contributed by atoms with Crippen LogP contribution in [0.4, 0.5) is 11.4 Å². The highest BCUT2D eigenvalue weighted by Gasteiger charge is 2.23. The number of nitrogens with zero attached hydrogens (tertiary/aromatic N) is 2. The lowest BCUT2D eigenvalue weighted by Crippen LogP contribution is -2.37. The van der Waals surface area contributed by atoms with Gasteiger partial charge in [-0.3, -0.25) is 14.9 Å². The molecule has 1 unspecified atom stereocenters. The highest BCUT2D eigenvalue weighted by atomic mass is 16.6. The molecule has 1 aromatic rings. The Hall–Kier alpha value is -2.31. The number of rotatable bonds is 5. The zero-order chi connectivity index (χ0) is 15.4. The van der Waals surface area contributed by atoms with Gasteiger partial charge in [0.05, 0.1) is 12.0 Å². The van der Waals surface area contributed by atoms with E-state index in [4.69, 9.17) is 10.5 Å². The molecule has 1 aliphatic heterocycles. The summed E-state index contributed by atoms with van der Waals surface area (Å²) in [5.74, 6) is 0.190. The van der Waals surface area contributed by atoms with Gasteiger partial charge < -0.3 is 15.4 Å². The maximum absolute atomic E-state index is 11.0. The highest BCUT2D eigenvalue weighted by molar-refractivity contribution is 5.74. The van der Waals surface area contributed by atoms with Crippen LogP contribution in [0.3, 0.4) is 0 Å². The summed E-state index contributed by atoms with van der Waals surface area (Å²) in [6, 6.07) is 4.84. The zero-order valence-electron chi connectivity index (χ0n) is 11.9. The molecule has 1 aromatic carbocycles. The summed E-state index contributed by atoms with van der Waals surface area (Å²) in [4.78, 5) is 23.6. The lowest BCUT2D eigenvalue weighted by atomic mass is 9.94. The van der Waals surface area contributed by atoms with E-state index in [1.54, 1.807) is 12.1 Å². The summed E-state index contributed by atoms with van der Waals surface area (Å²) in [5.41, 5.74) is 6.07. The Bertz CT molecular complexity index is 547. The van der Waals surface area contributed by atoms with Crippen LogP contribution in [-0.4, -0.2) is 31.0 Å². The van der Waals surface area contributed by atoms with Gasteiger partial charge in [-0.1, -0.05) is 0 Å². The topological polar surface area (TPSA) is 98.7 Å². The lowest BCUT2D eigenvalue weighted by molar-refractivity contribution is -0.385. The summed E-state index contributed by atoms with van der Waals surface area (Å²) in [7, 11) is 1.41. The second-order valence-corrected chi connectivity index (χ2v) is 5.24. The van der Waals surface area contributed by atoms with Gasteiger partial charge in [-0.15, -0.1) is 0 Å². The van der Waals surface area contributed by atoms with E-state index in [0.29, 0.717) is 6.42 Å². The van der Waals surface area contributed by atoms with Crippen LogP contribution in [0.25, 0.3) is 0 Å². The second kappa shape index (κ2) is 6.43. The quantitative estimate of drug-likeness (QED) is 0.658. The first-order valence-electron chi connectivity index (χ1n) is 6.87. The molecule has 1 amide bonds. The summed E-state index contributed by atoms with van der Waals surface area (Å²) in [6.45, 7) is 1.58. The minimum Gasteiger partial charge on any atom is -0.490 e. The number of benzene rings is 1. The summed E-state index contributed by atoms with van der Waals surface area (Å²) >= 11 is 0. The highest BCUT2D eigenvalue weighted by Crippen LogP contribution is 2.33. The molecule has 0 spiro atoms. The van der Waals surface area contributed by atoms with E-state index in [1.165, 1.54) is 13.2 Å². The Morgan fingerprint density at radius 1 is 1.57 bits per heavy atom. The third-order valence-electron chi connectivity index (χ3n) is 3.73. The summed E-state index contributed by atoms with van der Waals surface area (Å²) in [6.07, 6.45) is 2.32. The van der Waals surface area contributed by atoms with Crippen LogP contribution in [0, 0.1) is 16.0 Å². The third-order valence-corrected chi connectivity index (χ3v) is 3.73. The number of hydrogen-bond donors (Lipinski definition) is 1. The number of hydrogen-bond acceptors (Lipinski definition) is 5. The van der Waals surface area contributed by atoms with Crippen LogP contribution < -0.4 is 15.4 Å². The minimum atomic E-state index is -0.464. The van der Waals surface area contributed by atoms with E-state index in [0.717, 1.165) is 31.6 Å². The van der Waals surface area contributed by atoms with Crippen molar-refractivity contribution in [3.8, 4) is 5.75 Å². The molecule has 0 saturated carbocycles. The van der Waals surface area contributed by atoms with Crippen molar-refractivity contribution in [2.24, 2.45) is 11.7 Å². The number of primary amides is 1. The molecule has 1 heterocycles. The third kappa shape index (κ3) is 3.62. The average molecular weight is 293 g/mol. The van der Waals surface area contributed by atoms with E-state index in [9.17, 15) is 14.9 Å². The number of ether oxygens (including phenoxy) is 1. The zero-order valence-corrected chi connectivity index (χ0v) is 11.9. The van der Waals surface area contributed by atoms with E-state index < -0.39 is 4.92 Å². The van der Waals surface area contributed by atoms with Gasteiger partial charge in [0.2, 0.25) is 5.91 Å². The number of amides is 1. The Morgan fingerprint density at radius 2 is 2.33 bits per heavy atom. The molecule has 0 aromatic heterocycles. The molecule has 21 heavy (non-hydrogen) atoms. The van der Waals surface area contributed by atoms with Gasteiger partial charge in [-0.2, -0.15) is 0 Å². The normalized spacial score (nSPS) is 18.3. The molecular formula is C14H19N3O4. The molecule has 2 rings (SSSR count). The number of nitro benzene ring substituents is 1. The number of nitro groups is 1. The molecule has 7 nitrogen and oxygen atoms in total. The van der Waals surface area contributed by atoms with Gasteiger partial charge in [0.25, 0.3) is 0 Å². The fraction of sp³-hybridized carbons (Fsp3) is 0.500. The predicted molar refractivity (Wildman–Crippen MR) is 78.4 cm³/mol. The second-order valence-electron chi connectivity index (χ2n) is 5.24. The van der Waals surface area contributed by atoms with Gasteiger partial charge in [-0.05, 0) is 24.8 Å². The first-order valence-corrected chi connectivity index (χ1v) is 6.87. The van der Waals surface area contributed by atoms with Crippen LogP contribution in [0.1, 0.15) is 19.3 Å². The number of carbonyl (C=O) groups excluding carboxylic acids is 1. The van der Waals surface area contributed by atoms with Gasteiger partial charge in [-0.25, -0.2) is 0 Å². The van der Waals surface area contributed by atoms with Crippen molar-refractivity contribution in [3.63, 3.8) is 0 Å². The van der Waals surface area contributed by atoms with Crippen LogP contribution in [-0.2, 0) is 4.79 Å². The standard InChI is InChI=1S/C14H19N3O4/c1-21-13-8-11(4-5-12(13)17(19)20)16-6-2-3-10(9-16)7-14(15)18/h4-5,8,10H,2-3,6-7,9H2,1H3,(H2,15,18). The lowest BCUT2D eigenvalue weighted by Gasteiger charge is -2.34. The van der Waals surface area contributed by atoms with Crippen molar-refractivity contribution < 1.29 is 14.5 Å². The van der Waals surface area contributed by atoms with Crippen LogP contribution >= 0.6 is 0 Å². The number of piperidine rings is 1. The molecule has 0 aliphatic carbocycles. The Labute approximate surface area is 122 Å². The van der Waals surface area contributed by atoms with E-state index in [2.05, 4.69) is 4.90 Å². The summed E-state index contributed by atoms with van der Waals surface area (Å²) < 4.78 is 5.09. The van der Waals surface area contributed by atoms with Crippen molar-refractivity contribution >= 4 is 17.3 Å². The Kier molecular flexibility index (Phi) is 4.62. The van der Waals surface area contributed by atoms with Crippen molar-refractivity contribution in [2.75, 3.05) is 25.1 Å². The largest absolute Gasteiger partial charge is 0.490 e. The predicted octanol–water partition coefficient (Wildman–Crippen LogP) is 1.70. The van der Waals surface area contributed by atoms with Gasteiger partial charge in [0, 0.05) is 37.3 Å². The van der Waals surface area contributed by atoms with Crippen molar-refractivity contribution in [1.29, 1.82) is 0 Å². The number of carbonyl (C=O) groups is 1. The SMILES string of the molecule is COc1cc(N2CCCC(CC(N)=O)C2)ccc1[N+](=O)[O-]. The molecule has 1 aliphatic rings. The molecule has 7 heteroatoms. The van der Waals surface area contributed by atoms with E-state index >= 15 is 0 Å². The van der Waals surface area contributed by atoms with Crippen molar-refractivity contribution in [2.45, 2.75) is 19.3 Å². The first-order chi connectivity index (χ1) is 10.0. The minimum absolute atomic E-state index is 0.0491. The molecule has 114 valence electrons. The fourth-order valence-electron chi connectivity index (χ4n) is 2.76. The maximum Gasteiger partial charge on any atom is 0.311 e. The van der Waals surface area contributed by atoms with E-state index in [1.807, 2.05) is 0 Å². The molecule has 0 bridgehead atoms. The van der Waals surface area contributed by atoms with Gasteiger partial charge in [0.15, 0.2) is 5.75 Å². The number of nitrogens with two attached hydrogens (primary N) is 1. The molecular weight excluding hydrogens is 274 g/mol. The van der Waals surface area contributed by atoms with Gasteiger partial charge >= 0.3 is 5.69 Å². The van der Waals surface area contributed by atoms with Gasteiger partial charge in [0.1, 0.15) is 0 Å². The average Bonchev–Trinajstić information content (AvgIpc) is 2.46. The van der Waals surface area contributed by atoms with Crippen LogP contribution in [0.5, 0.6) is 5.75 Å². The molecule has 1 saturated heterocycles. The van der Waals surface area contributed by atoms with Crippen LogP contribution in [0.2, 0.25) is 0 Å². The summed E-state index contributed by atoms with van der Waals surface area (Å²) in [5, 5.41) is 10.9. The molecule has 1 atom stereocenters. The molecule has 0 radical (unpaired) electrons. The fourth-order valence-corrected chi connectivity index (χ4v) is 2.76. The number of methoxy groups -OCH3 is 1. The number of anilines is 1. The van der Waals surface area contributed by atoms with Crippen molar-refractivity contribution in [1.82, 2.24) is 0 Å². The Morgan fingerprint density at radius 3 is 2.95 bits per heavy atom.